The van der Waals surface area contributed by atoms with E-state index in [1.54, 1.807) is 13.0 Å². The molecule has 0 aromatic heterocycles. The van der Waals surface area contributed by atoms with Gasteiger partial charge in [-0.3, -0.25) is 9.59 Å². The molecule has 0 atom stereocenters. The number of rotatable bonds is 4. The first-order valence-corrected chi connectivity index (χ1v) is 6.12. The fourth-order valence-electron chi connectivity index (χ4n) is 1.92. The number of esters is 1. The van der Waals surface area contributed by atoms with Crippen molar-refractivity contribution < 1.29 is 18.7 Å². The number of nitrogens with one attached hydrogen (secondary N) is 2. The van der Waals surface area contributed by atoms with Crippen LogP contribution in [0.3, 0.4) is 0 Å². The molecule has 1 heterocycles. The van der Waals surface area contributed by atoms with E-state index in [9.17, 15) is 14.0 Å². The minimum atomic E-state index is -0.509. The molecule has 0 radical (unpaired) electrons. The lowest BCUT2D eigenvalue weighted by Gasteiger charge is -2.18. The van der Waals surface area contributed by atoms with E-state index in [1.165, 1.54) is 6.07 Å². The largest absolute Gasteiger partial charge is 0.465 e. The maximum atomic E-state index is 13.8. The Bertz CT molecular complexity index is 517. The normalized spacial score (nSPS) is 13.5. The Balaban J connectivity index is 2.10. The lowest BCUT2D eigenvalue weighted by molar-refractivity contribution is -0.140. The van der Waals surface area contributed by atoms with Crippen molar-refractivity contribution >= 4 is 23.3 Å². The van der Waals surface area contributed by atoms with E-state index in [-0.39, 0.29) is 18.1 Å². The van der Waals surface area contributed by atoms with Gasteiger partial charge in [0.05, 0.1) is 12.3 Å². The minimum Gasteiger partial charge on any atom is -0.465 e. The second kappa shape index (κ2) is 5.69. The minimum absolute atomic E-state index is 0.0874. The quantitative estimate of drug-likeness (QED) is 0.814. The van der Waals surface area contributed by atoms with Crippen LogP contribution in [0.15, 0.2) is 12.1 Å². The maximum absolute atomic E-state index is 13.8. The van der Waals surface area contributed by atoms with E-state index < -0.39 is 11.8 Å². The number of amides is 1. The number of carbonyl (C=O) groups is 2. The van der Waals surface area contributed by atoms with Crippen LogP contribution in [0.2, 0.25) is 0 Å². The number of hydrogen-bond acceptors (Lipinski definition) is 4. The number of benzene rings is 1. The average molecular weight is 266 g/mol. The van der Waals surface area contributed by atoms with E-state index in [0.29, 0.717) is 25.1 Å². The maximum Gasteiger partial charge on any atom is 0.325 e. The van der Waals surface area contributed by atoms with Crippen molar-refractivity contribution in [2.75, 3.05) is 23.8 Å². The zero-order valence-electron chi connectivity index (χ0n) is 10.6. The molecule has 1 aliphatic heterocycles. The number of carbonyl (C=O) groups excluding carboxylic acids is 2. The molecule has 0 fully saturated rings. The van der Waals surface area contributed by atoms with Crippen molar-refractivity contribution in [3.63, 3.8) is 0 Å². The van der Waals surface area contributed by atoms with Gasteiger partial charge in [0.15, 0.2) is 0 Å². The summed E-state index contributed by atoms with van der Waals surface area (Å²) in [4.78, 5) is 22.4. The first-order chi connectivity index (χ1) is 9.10. The molecule has 1 aromatic rings. The van der Waals surface area contributed by atoms with E-state index in [1.807, 2.05) is 0 Å². The van der Waals surface area contributed by atoms with Crippen LogP contribution in [0, 0.1) is 5.82 Å². The predicted octanol–water partition coefficient (Wildman–Crippen LogP) is 1.69. The molecule has 0 aliphatic carbocycles. The van der Waals surface area contributed by atoms with Gasteiger partial charge in [-0.15, -0.1) is 0 Å². The number of fused-ring (bicyclic) bond motifs is 1. The number of ether oxygens (including phenoxy) is 1. The van der Waals surface area contributed by atoms with Gasteiger partial charge < -0.3 is 15.4 Å². The summed E-state index contributed by atoms with van der Waals surface area (Å²) in [5.74, 6) is -1.06. The van der Waals surface area contributed by atoms with Crippen LogP contribution >= 0.6 is 0 Å². The van der Waals surface area contributed by atoms with Gasteiger partial charge in [0.2, 0.25) is 5.91 Å². The van der Waals surface area contributed by atoms with Crippen LogP contribution in [0.5, 0.6) is 0 Å². The predicted molar refractivity (Wildman–Crippen MR) is 68.5 cm³/mol. The van der Waals surface area contributed by atoms with Crippen molar-refractivity contribution in [2.24, 2.45) is 0 Å². The number of hydrogen-bond donors (Lipinski definition) is 2. The van der Waals surface area contributed by atoms with E-state index >= 15 is 0 Å². The van der Waals surface area contributed by atoms with Crippen molar-refractivity contribution in [1.82, 2.24) is 0 Å². The van der Waals surface area contributed by atoms with Crippen LogP contribution in [-0.4, -0.2) is 25.0 Å². The highest BCUT2D eigenvalue weighted by Gasteiger charge is 2.17. The lowest BCUT2D eigenvalue weighted by Crippen LogP contribution is -2.21. The molecule has 5 nitrogen and oxygen atoms in total. The second-order valence-corrected chi connectivity index (χ2v) is 4.20. The van der Waals surface area contributed by atoms with E-state index in [0.717, 1.165) is 5.56 Å². The summed E-state index contributed by atoms with van der Waals surface area (Å²) in [6.45, 7) is 1.91. The fourth-order valence-corrected chi connectivity index (χ4v) is 1.92. The van der Waals surface area contributed by atoms with E-state index in [2.05, 4.69) is 10.6 Å². The van der Waals surface area contributed by atoms with Gasteiger partial charge in [-0.05, 0) is 31.0 Å². The fraction of sp³-hybridized carbons (Fsp3) is 0.385. The molecule has 2 N–H and O–H groups in total. The van der Waals surface area contributed by atoms with Gasteiger partial charge in [0, 0.05) is 12.1 Å². The average Bonchev–Trinajstić information content (AvgIpc) is 2.36. The van der Waals surface area contributed by atoms with Crippen molar-refractivity contribution in [3.8, 4) is 0 Å². The molecule has 102 valence electrons. The molecule has 0 unspecified atom stereocenters. The van der Waals surface area contributed by atoms with Crippen LogP contribution in [-0.2, 0) is 20.7 Å². The third-order valence-corrected chi connectivity index (χ3v) is 2.82. The molecular formula is C13H15FN2O3. The Morgan fingerprint density at radius 1 is 1.47 bits per heavy atom. The van der Waals surface area contributed by atoms with Crippen LogP contribution in [0.25, 0.3) is 0 Å². The Kier molecular flexibility index (Phi) is 3.99. The smallest absolute Gasteiger partial charge is 0.325 e. The van der Waals surface area contributed by atoms with Gasteiger partial charge in [-0.1, -0.05) is 0 Å². The molecular weight excluding hydrogens is 251 g/mol. The highest BCUT2D eigenvalue weighted by atomic mass is 19.1. The number of anilines is 2. The monoisotopic (exact) mass is 266 g/mol. The Labute approximate surface area is 110 Å². The molecule has 2 rings (SSSR count). The van der Waals surface area contributed by atoms with Gasteiger partial charge in [-0.2, -0.15) is 0 Å². The summed E-state index contributed by atoms with van der Waals surface area (Å²) in [5.41, 5.74) is 1.59. The molecule has 6 heteroatoms. The molecule has 0 bridgehead atoms. The Hall–Kier alpha value is -2.11. The molecule has 1 aromatic carbocycles. The topological polar surface area (TPSA) is 67.4 Å². The SMILES string of the molecule is CCOC(=O)CNc1cc2c(cc1F)NC(=O)CC2. The van der Waals surface area contributed by atoms with Crippen molar-refractivity contribution in [1.29, 1.82) is 0 Å². The molecule has 0 spiro atoms. The summed E-state index contributed by atoms with van der Waals surface area (Å²) in [6, 6.07) is 2.88. The molecule has 19 heavy (non-hydrogen) atoms. The number of aryl methyl sites for hydroxylation is 1. The number of halogens is 1. The van der Waals surface area contributed by atoms with E-state index in [4.69, 9.17) is 4.74 Å². The summed E-state index contributed by atoms with van der Waals surface area (Å²) < 4.78 is 18.5. The molecule has 0 saturated carbocycles. The first-order valence-electron chi connectivity index (χ1n) is 6.12. The lowest BCUT2D eigenvalue weighted by atomic mass is 10.0. The van der Waals surface area contributed by atoms with Gasteiger partial charge in [-0.25, -0.2) is 4.39 Å². The third-order valence-electron chi connectivity index (χ3n) is 2.82. The summed E-state index contributed by atoms with van der Waals surface area (Å²) >= 11 is 0. The van der Waals surface area contributed by atoms with Crippen LogP contribution in [0.1, 0.15) is 18.9 Å². The highest BCUT2D eigenvalue weighted by Crippen LogP contribution is 2.28. The summed E-state index contributed by atoms with van der Waals surface area (Å²) in [7, 11) is 0. The molecule has 1 aliphatic rings. The van der Waals surface area contributed by atoms with Crippen molar-refractivity contribution in [2.45, 2.75) is 19.8 Å². The highest BCUT2D eigenvalue weighted by molar-refractivity contribution is 5.94. The van der Waals surface area contributed by atoms with Gasteiger partial charge in [0.25, 0.3) is 0 Å². The Morgan fingerprint density at radius 3 is 3.00 bits per heavy atom. The Morgan fingerprint density at radius 2 is 2.26 bits per heavy atom. The third kappa shape index (κ3) is 3.21. The summed E-state index contributed by atoms with van der Waals surface area (Å²) in [6.07, 6.45) is 0.950. The van der Waals surface area contributed by atoms with Gasteiger partial charge >= 0.3 is 5.97 Å². The first kappa shape index (κ1) is 13.3. The van der Waals surface area contributed by atoms with Crippen LogP contribution in [0.4, 0.5) is 15.8 Å². The zero-order chi connectivity index (χ0) is 13.8. The van der Waals surface area contributed by atoms with Gasteiger partial charge in [0.1, 0.15) is 12.4 Å². The summed E-state index contributed by atoms with van der Waals surface area (Å²) in [5, 5.41) is 5.31. The molecule has 1 amide bonds. The zero-order valence-corrected chi connectivity index (χ0v) is 10.6. The van der Waals surface area contributed by atoms with Crippen molar-refractivity contribution in [3.05, 3.63) is 23.5 Å². The standard InChI is InChI=1S/C13H15FN2O3/c1-2-19-13(18)7-15-11-5-8-3-4-12(17)16-10(8)6-9(11)14/h5-6,15H,2-4,7H2,1H3,(H,16,17). The second-order valence-electron chi connectivity index (χ2n) is 4.20. The molecule has 0 saturated heterocycles. The van der Waals surface area contributed by atoms with Crippen LogP contribution < -0.4 is 10.6 Å².